The molecule has 33 heavy (non-hydrogen) atoms. The van der Waals surface area contributed by atoms with Crippen LogP contribution in [0.15, 0.2) is 77.8 Å². The SMILES string of the molecule is COC1=C(OC(=O)/C=C/c2ccc(OC)cc2)C=C2C(=O)N(C)C3C=c4ccccc4=C1C23. The summed E-state index contributed by atoms with van der Waals surface area (Å²) >= 11 is 0. The molecule has 6 nitrogen and oxygen atoms in total. The number of fused-ring (bicyclic) bond motifs is 1. The summed E-state index contributed by atoms with van der Waals surface area (Å²) in [6.45, 7) is 0. The van der Waals surface area contributed by atoms with Gasteiger partial charge in [-0.3, -0.25) is 4.79 Å². The van der Waals surface area contributed by atoms with E-state index in [9.17, 15) is 9.59 Å². The van der Waals surface area contributed by atoms with E-state index < -0.39 is 5.97 Å². The average Bonchev–Trinajstić information content (AvgIpc) is 3.08. The van der Waals surface area contributed by atoms with Gasteiger partial charge in [0, 0.05) is 30.2 Å². The fourth-order valence-electron chi connectivity index (χ4n) is 4.72. The zero-order chi connectivity index (χ0) is 23.1. The van der Waals surface area contributed by atoms with E-state index >= 15 is 0 Å². The van der Waals surface area contributed by atoms with Crippen LogP contribution in [-0.2, 0) is 19.1 Å². The third-order valence-corrected chi connectivity index (χ3v) is 6.30. The second kappa shape index (κ2) is 8.13. The Morgan fingerprint density at radius 3 is 2.52 bits per heavy atom. The number of allylic oxidation sites excluding steroid dienone is 2. The van der Waals surface area contributed by atoms with Gasteiger partial charge in [0.2, 0.25) is 0 Å². The number of carbonyl (C=O) groups excluding carboxylic acids is 2. The summed E-state index contributed by atoms with van der Waals surface area (Å²) in [6.07, 6.45) is 6.78. The highest BCUT2D eigenvalue weighted by Crippen LogP contribution is 2.45. The molecule has 0 saturated carbocycles. The highest BCUT2D eigenvalue weighted by atomic mass is 16.6. The Morgan fingerprint density at radius 1 is 1.03 bits per heavy atom. The van der Waals surface area contributed by atoms with Gasteiger partial charge in [-0.25, -0.2) is 4.79 Å². The molecule has 1 aliphatic heterocycles. The zero-order valence-electron chi connectivity index (χ0n) is 18.6. The number of ether oxygens (including phenoxy) is 3. The van der Waals surface area contributed by atoms with Gasteiger partial charge in [-0.05, 0) is 40.3 Å². The fourth-order valence-corrected chi connectivity index (χ4v) is 4.72. The van der Waals surface area contributed by atoms with Gasteiger partial charge < -0.3 is 19.1 Å². The van der Waals surface area contributed by atoms with Crippen molar-refractivity contribution < 1.29 is 23.8 Å². The molecule has 166 valence electrons. The van der Waals surface area contributed by atoms with Gasteiger partial charge in [-0.1, -0.05) is 42.5 Å². The summed E-state index contributed by atoms with van der Waals surface area (Å²) < 4.78 is 16.6. The van der Waals surface area contributed by atoms with Gasteiger partial charge in [-0.2, -0.15) is 0 Å². The largest absolute Gasteiger partial charge is 0.497 e. The lowest BCUT2D eigenvalue weighted by molar-refractivity contribution is -0.133. The number of rotatable bonds is 5. The van der Waals surface area contributed by atoms with E-state index in [0.717, 1.165) is 27.3 Å². The van der Waals surface area contributed by atoms with Crippen molar-refractivity contribution in [1.82, 2.24) is 4.90 Å². The Hall–Kier alpha value is -4.06. The number of likely N-dealkylation sites (tertiary alicyclic amines) is 1. The molecule has 1 amide bonds. The standard InChI is InChI=1S/C27H23NO5/c1-28-21-14-17-6-4-5-7-19(17)25-24(21)20(27(28)30)15-22(26(25)32-3)33-23(29)13-10-16-8-11-18(31-2)12-9-16/h4-15,21,24H,1-3H3/b13-10+. The number of esters is 1. The van der Waals surface area contributed by atoms with Gasteiger partial charge >= 0.3 is 5.97 Å². The van der Waals surface area contributed by atoms with E-state index in [-0.39, 0.29) is 23.6 Å². The van der Waals surface area contributed by atoms with Crippen molar-refractivity contribution in [3.05, 3.63) is 93.8 Å². The maximum atomic E-state index is 13.0. The van der Waals surface area contributed by atoms with Crippen LogP contribution in [0.2, 0.25) is 0 Å². The molecule has 0 bridgehead atoms. The minimum atomic E-state index is -0.558. The summed E-state index contributed by atoms with van der Waals surface area (Å²) in [4.78, 5) is 27.4. The van der Waals surface area contributed by atoms with Crippen LogP contribution < -0.4 is 15.2 Å². The van der Waals surface area contributed by atoms with Crippen molar-refractivity contribution in [2.45, 2.75) is 6.04 Å². The predicted molar refractivity (Wildman–Crippen MR) is 124 cm³/mol. The number of likely N-dealkylation sites (N-methyl/N-ethyl adjacent to an activating group) is 1. The molecule has 2 aromatic rings. The summed E-state index contributed by atoms with van der Waals surface area (Å²) in [5.74, 6) is 0.649. The maximum absolute atomic E-state index is 13.0. The number of methoxy groups -OCH3 is 2. The van der Waals surface area contributed by atoms with Crippen molar-refractivity contribution in [2.75, 3.05) is 21.3 Å². The first-order valence-electron chi connectivity index (χ1n) is 10.6. The lowest BCUT2D eigenvalue weighted by atomic mass is 9.78. The smallest absolute Gasteiger partial charge is 0.336 e. The van der Waals surface area contributed by atoms with Gasteiger partial charge in [0.25, 0.3) is 5.91 Å². The molecule has 1 fully saturated rings. The lowest BCUT2D eigenvalue weighted by Gasteiger charge is -2.30. The van der Waals surface area contributed by atoms with Crippen molar-refractivity contribution in [3.8, 4) is 5.75 Å². The van der Waals surface area contributed by atoms with Gasteiger partial charge in [-0.15, -0.1) is 0 Å². The number of hydrogen-bond acceptors (Lipinski definition) is 5. The van der Waals surface area contributed by atoms with Gasteiger partial charge in [0.1, 0.15) is 5.75 Å². The van der Waals surface area contributed by atoms with Crippen molar-refractivity contribution in [1.29, 1.82) is 0 Å². The number of hydrogen-bond donors (Lipinski definition) is 0. The highest BCUT2D eigenvalue weighted by Gasteiger charge is 2.48. The van der Waals surface area contributed by atoms with Crippen LogP contribution in [-0.4, -0.2) is 44.1 Å². The number of benzene rings is 2. The van der Waals surface area contributed by atoms with Crippen LogP contribution in [0.5, 0.6) is 5.75 Å². The second-order valence-electron chi connectivity index (χ2n) is 8.08. The molecule has 1 heterocycles. The minimum absolute atomic E-state index is 0.0796. The van der Waals surface area contributed by atoms with Gasteiger partial charge in [0.05, 0.1) is 20.3 Å². The van der Waals surface area contributed by atoms with Crippen LogP contribution in [0.25, 0.3) is 17.7 Å². The van der Waals surface area contributed by atoms with E-state index in [1.165, 1.54) is 6.08 Å². The molecule has 2 aromatic carbocycles. The van der Waals surface area contributed by atoms with Crippen molar-refractivity contribution >= 4 is 29.6 Å². The molecule has 6 heteroatoms. The topological polar surface area (TPSA) is 65.1 Å². The van der Waals surface area contributed by atoms with E-state index in [2.05, 4.69) is 6.08 Å². The molecule has 0 spiro atoms. The van der Waals surface area contributed by atoms with E-state index in [1.807, 2.05) is 48.5 Å². The molecule has 2 unspecified atom stereocenters. The number of amides is 1. The molecule has 0 radical (unpaired) electrons. The Kier molecular flexibility index (Phi) is 5.13. The van der Waals surface area contributed by atoms with Crippen molar-refractivity contribution in [3.63, 3.8) is 0 Å². The summed E-state index contributed by atoms with van der Waals surface area (Å²) in [5, 5.41) is 2.00. The maximum Gasteiger partial charge on any atom is 0.336 e. The van der Waals surface area contributed by atoms with E-state index in [1.54, 1.807) is 38.3 Å². The van der Waals surface area contributed by atoms with E-state index in [4.69, 9.17) is 14.2 Å². The Labute approximate surface area is 191 Å². The minimum Gasteiger partial charge on any atom is -0.497 e. The van der Waals surface area contributed by atoms with Crippen LogP contribution in [0.4, 0.5) is 0 Å². The first-order chi connectivity index (χ1) is 16.0. The quantitative estimate of drug-likeness (QED) is 0.526. The number of carbonyl (C=O) groups is 2. The Morgan fingerprint density at radius 2 is 1.79 bits per heavy atom. The first-order valence-corrected chi connectivity index (χ1v) is 10.6. The third-order valence-electron chi connectivity index (χ3n) is 6.30. The Balaban J connectivity index is 1.54. The van der Waals surface area contributed by atoms with Crippen LogP contribution in [0.1, 0.15) is 5.56 Å². The molecule has 2 atom stereocenters. The zero-order valence-corrected chi connectivity index (χ0v) is 18.6. The average molecular weight is 441 g/mol. The first kappa shape index (κ1) is 20.8. The van der Waals surface area contributed by atoms with Crippen LogP contribution in [0, 0.1) is 5.92 Å². The molecular formula is C27H23NO5. The fraction of sp³-hybridized carbons (Fsp3) is 0.185. The van der Waals surface area contributed by atoms with Crippen molar-refractivity contribution in [2.24, 2.45) is 5.92 Å². The van der Waals surface area contributed by atoms with Crippen LogP contribution >= 0.6 is 0 Å². The lowest BCUT2D eigenvalue weighted by Crippen LogP contribution is -2.42. The van der Waals surface area contributed by atoms with E-state index in [0.29, 0.717) is 11.3 Å². The van der Waals surface area contributed by atoms with Gasteiger partial charge in [0.15, 0.2) is 11.5 Å². The molecule has 3 aliphatic rings. The van der Waals surface area contributed by atoms with Crippen LogP contribution in [0.3, 0.4) is 0 Å². The molecule has 1 saturated heterocycles. The molecule has 5 rings (SSSR count). The second-order valence-corrected chi connectivity index (χ2v) is 8.08. The summed E-state index contributed by atoms with van der Waals surface area (Å²) in [6, 6.07) is 15.1. The third kappa shape index (κ3) is 3.44. The monoisotopic (exact) mass is 441 g/mol. The molecule has 2 aliphatic carbocycles. The molecular weight excluding hydrogens is 418 g/mol. The predicted octanol–water partition coefficient (Wildman–Crippen LogP) is 2.15. The summed E-state index contributed by atoms with van der Waals surface area (Å²) in [5.41, 5.74) is 2.31. The Bertz CT molecular complexity index is 1360. The molecule has 0 aromatic heterocycles. The normalized spacial score (nSPS) is 20.8. The molecule has 0 N–H and O–H groups in total. The number of nitrogens with zero attached hydrogens (tertiary/aromatic N) is 1. The highest BCUT2D eigenvalue weighted by molar-refractivity contribution is 6.03. The summed E-state index contributed by atoms with van der Waals surface area (Å²) in [7, 11) is 4.95.